The van der Waals surface area contributed by atoms with Crippen LogP contribution in [0.5, 0.6) is 17.2 Å². The molecule has 0 spiro atoms. The molecule has 3 aromatic rings. The summed E-state index contributed by atoms with van der Waals surface area (Å²) in [4.78, 5) is 25.0. The molecule has 1 fully saturated rings. The van der Waals surface area contributed by atoms with E-state index in [1.807, 2.05) is 0 Å². The van der Waals surface area contributed by atoms with Crippen LogP contribution in [0.1, 0.15) is 25.7 Å². The average Bonchev–Trinajstić information content (AvgIpc) is 3.24. The number of nitrogens with zero attached hydrogens (tertiary/aromatic N) is 2. The Morgan fingerprint density at radius 2 is 1.79 bits per heavy atom. The molecule has 33 heavy (non-hydrogen) atoms. The predicted octanol–water partition coefficient (Wildman–Crippen LogP) is 3.69. The number of hydrogen-bond acceptors (Lipinski definition) is 7. The van der Waals surface area contributed by atoms with Crippen LogP contribution in [0.3, 0.4) is 0 Å². The lowest BCUT2D eigenvalue weighted by Crippen LogP contribution is -2.30. The number of halogens is 2. The van der Waals surface area contributed by atoms with Crippen LogP contribution < -0.4 is 16.0 Å². The SMILES string of the molecule is O=c1cnn(-c2cc(Cl)c(Oc3ccc(O)c(S(=O)(=O)CC4CCCC4)c3)c(Cl)c2)c(=O)[nH]1. The van der Waals surface area contributed by atoms with E-state index in [0.717, 1.165) is 36.6 Å². The van der Waals surface area contributed by atoms with Gasteiger partial charge in [-0.05, 0) is 43.0 Å². The minimum Gasteiger partial charge on any atom is -0.507 e. The van der Waals surface area contributed by atoms with Crippen LogP contribution in [0.2, 0.25) is 10.0 Å². The molecule has 1 saturated carbocycles. The van der Waals surface area contributed by atoms with Crippen molar-refractivity contribution < 1.29 is 18.3 Å². The number of aromatic amines is 1. The predicted molar refractivity (Wildman–Crippen MR) is 123 cm³/mol. The van der Waals surface area contributed by atoms with E-state index in [1.54, 1.807) is 0 Å². The van der Waals surface area contributed by atoms with Crippen molar-refractivity contribution in [3.8, 4) is 22.9 Å². The molecule has 0 radical (unpaired) electrons. The fourth-order valence-electron chi connectivity index (χ4n) is 3.81. The van der Waals surface area contributed by atoms with E-state index in [2.05, 4.69) is 10.1 Å². The molecule has 1 heterocycles. The molecule has 4 rings (SSSR count). The van der Waals surface area contributed by atoms with Gasteiger partial charge in [-0.1, -0.05) is 36.0 Å². The first-order valence-electron chi connectivity index (χ1n) is 10.1. The molecular formula is C21H19Cl2N3O6S. The maximum absolute atomic E-state index is 12.9. The van der Waals surface area contributed by atoms with E-state index in [9.17, 15) is 23.1 Å². The summed E-state index contributed by atoms with van der Waals surface area (Å²) in [7, 11) is -3.73. The molecule has 1 aliphatic carbocycles. The van der Waals surface area contributed by atoms with Gasteiger partial charge in [-0.15, -0.1) is 0 Å². The van der Waals surface area contributed by atoms with E-state index in [-0.39, 0.29) is 49.5 Å². The highest BCUT2D eigenvalue weighted by Crippen LogP contribution is 2.40. The van der Waals surface area contributed by atoms with Gasteiger partial charge < -0.3 is 9.84 Å². The Bertz CT molecular complexity index is 1410. The lowest BCUT2D eigenvalue weighted by atomic mass is 10.1. The third kappa shape index (κ3) is 5.07. The summed E-state index contributed by atoms with van der Waals surface area (Å²) in [6.07, 6.45) is 4.63. The molecule has 0 unspecified atom stereocenters. The van der Waals surface area contributed by atoms with Crippen LogP contribution >= 0.6 is 23.2 Å². The molecule has 9 nitrogen and oxygen atoms in total. The largest absolute Gasteiger partial charge is 0.507 e. The molecule has 0 bridgehead atoms. The topological polar surface area (TPSA) is 131 Å². The van der Waals surface area contributed by atoms with Crippen molar-refractivity contribution in [3.63, 3.8) is 0 Å². The molecule has 12 heteroatoms. The molecule has 2 N–H and O–H groups in total. The Kier molecular flexibility index (Phi) is 6.51. The second-order valence-corrected chi connectivity index (χ2v) is 10.6. The molecule has 0 saturated heterocycles. The number of rotatable bonds is 6. The fraction of sp³-hybridized carbons (Fsp3) is 0.286. The van der Waals surface area contributed by atoms with Gasteiger partial charge in [0.2, 0.25) is 0 Å². The number of hydrogen-bond donors (Lipinski definition) is 2. The molecule has 1 aliphatic rings. The van der Waals surface area contributed by atoms with Crippen LogP contribution in [0, 0.1) is 5.92 Å². The van der Waals surface area contributed by atoms with E-state index >= 15 is 0 Å². The highest BCUT2D eigenvalue weighted by Gasteiger charge is 2.27. The summed E-state index contributed by atoms with van der Waals surface area (Å²) in [6, 6.07) is 6.56. The van der Waals surface area contributed by atoms with Crippen LogP contribution in [0.15, 0.2) is 51.0 Å². The van der Waals surface area contributed by atoms with Crippen LogP contribution in [-0.4, -0.2) is 34.0 Å². The first kappa shape index (κ1) is 23.3. The minimum atomic E-state index is -3.73. The Balaban J connectivity index is 1.65. The molecular weight excluding hydrogens is 493 g/mol. The van der Waals surface area contributed by atoms with Crippen molar-refractivity contribution in [1.29, 1.82) is 0 Å². The summed E-state index contributed by atoms with van der Waals surface area (Å²) >= 11 is 12.6. The van der Waals surface area contributed by atoms with Gasteiger partial charge in [0.05, 0.1) is 21.5 Å². The van der Waals surface area contributed by atoms with Gasteiger partial charge in [0, 0.05) is 6.07 Å². The maximum atomic E-state index is 12.9. The highest BCUT2D eigenvalue weighted by molar-refractivity contribution is 7.91. The summed E-state index contributed by atoms with van der Waals surface area (Å²) < 4.78 is 32.4. The number of phenolic OH excluding ortho intramolecular Hbond substituents is 1. The van der Waals surface area contributed by atoms with Gasteiger partial charge in [-0.25, -0.2) is 13.2 Å². The van der Waals surface area contributed by atoms with Gasteiger partial charge in [-0.2, -0.15) is 9.78 Å². The number of ether oxygens (including phenoxy) is 1. The molecule has 0 aliphatic heterocycles. The third-order valence-corrected chi connectivity index (χ3v) is 7.83. The van der Waals surface area contributed by atoms with Crippen LogP contribution in [0.4, 0.5) is 0 Å². The molecule has 0 atom stereocenters. The lowest BCUT2D eigenvalue weighted by Gasteiger charge is -2.14. The number of sulfone groups is 1. The standard InChI is InChI=1S/C21H19Cl2N3O6S/c22-15-7-13(26-21(29)25-19(28)10-24-26)8-16(23)20(15)32-14-5-6-17(27)18(9-14)33(30,31)11-12-3-1-2-4-12/h5-10,12,27H,1-4,11H2,(H,25,28,29). The Morgan fingerprint density at radius 3 is 2.42 bits per heavy atom. The van der Waals surface area contributed by atoms with Gasteiger partial charge in [0.15, 0.2) is 15.6 Å². The van der Waals surface area contributed by atoms with Gasteiger partial charge in [-0.3, -0.25) is 9.78 Å². The molecule has 0 amide bonds. The number of H-pyrrole nitrogens is 1. The van der Waals surface area contributed by atoms with Crippen LogP contribution in [-0.2, 0) is 9.84 Å². The second kappa shape index (κ2) is 9.20. The molecule has 1 aromatic heterocycles. The maximum Gasteiger partial charge on any atom is 0.349 e. The van der Waals surface area contributed by atoms with E-state index in [4.69, 9.17) is 27.9 Å². The molecule has 174 valence electrons. The number of aromatic nitrogens is 3. The van der Waals surface area contributed by atoms with Crippen molar-refractivity contribution >= 4 is 33.0 Å². The molecule has 2 aromatic carbocycles. The number of nitrogens with one attached hydrogen (secondary N) is 1. The van der Waals surface area contributed by atoms with Gasteiger partial charge >= 0.3 is 5.69 Å². The number of benzene rings is 2. The highest BCUT2D eigenvalue weighted by atomic mass is 35.5. The first-order chi connectivity index (χ1) is 15.6. The Labute approximate surface area is 198 Å². The zero-order valence-electron chi connectivity index (χ0n) is 17.1. The zero-order valence-corrected chi connectivity index (χ0v) is 19.5. The lowest BCUT2D eigenvalue weighted by molar-refractivity contribution is 0.448. The number of aromatic hydroxyl groups is 1. The average molecular weight is 512 g/mol. The normalized spacial score (nSPS) is 14.5. The Morgan fingerprint density at radius 1 is 1.12 bits per heavy atom. The zero-order chi connectivity index (χ0) is 23.8. The van der Waals surface area contributed by atoms with E-state index in [1.165, 1.54) is 30.3 Å². The monoisotopic (exact) mass is 511 g/mol. The van der Waals surface area contributed by atoms with Crippen molar-refractivity contribution in [2.75, 3.05) is 5.75 Å². The van der Waals surface area contributed by atoms with E-state index in [0.29, 0.717) is 0 Å². The van der Waals surface area contributed by atoms with Crippen molar-refractivity contribution in [2.24, 2.45) is 5.92 Å². The summed E-state index contributed by atoms with van der Waals surface area (Å²) in [6.45, 7) is 0. The van der Waals surface area contributed by atoms with Gasteiger partial charge in [0.1, 0.15) is 22.6 Å². The van der Waals surface area contributed by atoms with Crippen molar-refractivity contribution in [3.05, 3.63) is 67.4 Å². The Hall–Kier alpha value is -2.82. The quantitative estimate of drug-likeness (QED) is 0.515. The second-order valence-electron chi connectivity index (χ2n) is 7.75. The van der Waals surface area contributed by atoms with Crippen LogP contribution in [0.25, 0.3) is 5.69 Å². The smallest absolute Gasteiger partial charge is 0.349 e. The third-order valence-electron chi connectivity index (χ3n) is 5.36. The van der Waals surface area contributed by atoms with Crippen molar-refractivity contribution in [2.45, 2.75) is 30.6 Å². The van der Waals surface area contributed by atoms with Gasteiger partial charge in [0.25, 0.3) is 5.56 Å². The minimum absolute atomic E-state index is 0.0147. The fourth-order valence-corrected chi connectivity index (χ4v) is 6.17. The summed E-state index contributed by atoms with van der Waals surface area (Å²) in [5.41, 5.74) is -1.25. The van der Waals surface area contributed by atoms with Crippen molar-refractivity contribution in [1.82, 2.24) is 14.8 Å². The summed E-state index contributed by atoms with van der Waals surface area (Å²) in [5.74, 6) is -0.212. The first-order valence-corrected chi connectivity index (χ1v) is 12.5. The summed E-state index contributed by atoms with van der Waals surface area (Å²) in [5, 5.41) is 13.9. The number of phenols is 1. The van der Waals surface area contributed by atoms with E-state index < -0.39 is 21.1 Å².